The molecule has 0 amide bonds. The van der Waals surface area contributed by atoms with Crippen LogP contribution in [0.15, 0.2) is 79.2 Å². The van der Waals surface area contributed by atoms with Gasteiger partial charge in [0.1, 0.15) is 100 Å². The van der Waals surface area contributed by atoms with Crippen LogP contribution in [0.1, 0.15) is 89.6 Å². The van der Waals surface area contributed by atoms with E-state index >= 15 is 0 Å². The van der Waals surface area contributed by atoms with E-state index in [1.54, 1.807) is 20.0 Å². The molecule has 0 spiro atoms. The lowest BCUT2D eigenvalue weighted by Gasteiger charge is -2.32. The quantitative estimate of drug-likeness (QED) is 0.0457. The summed E-state index contributed by atoms with van der Waals surface area (Å²) in [6, 6.07) is 5.88. The Morgan fingerprint density at radius 3 is 1.10 bits per heavy atom. The number of aliphatic hydroxyl groups is 8. The van der Waals surface area contributed by atoms with Crippen LogP contribution in [0.3, 0.4) is 0 Å². The molecular formula is C71H118N15O20P5. The maximum Gasteiger partial charge on any atom is 0.351 e. The lowest BCUT2D eigenvalue weighted by molar-refractivity contribution is -0.175. The van der Waals surface area contributed by atoms with Crippen molar-refractivity contribution in [1.82, 2.24) is 47.8 Å². The van der Waals surface area contributed by atoms with Gasteiger partial charge in [-0.05, 0) is 182 Å². The molecule has 7 fully saturated rings. The van der Waals surface area contributed by atoms with Crippen LogP contribution in [0.2, 0.25) is 0 Å². The number of fused-ring (bicyclic) bond motifs is 4. The highest BCUT2D eigenvalue weighted by Gasteiger charge is 2.63. The van der Waals surface area contributed by atoms with Gasteiger partial charge in [-0.25, -0.2) is 24.0 Å². The lowest BCUT2D eigenvalue weighted by atomic mass is 9.95. The van der Waals surface area contributed by atoms with Crippen molar-refractivity contribution >= 4 is 95.0 Å². The minimum absolute atomic E-state index is 0.0968. The molecule has 40 heteroatoms. The number of aromatic nitrogens is 10. The zero-order chi connectivity index (χ0) is 83.2. The van der Waals surface area contributed by atoms with E-state index in [4.69, 9.17) is 61.8 Å². The maximum absolute atomic E-state index is 12.1. The summed E-state index contributed by atoms with van der Waals surface area (Å²) in [6.07, 6.45) is 22.9. The van der Waals surface area contributed by atoms with Gasteiger partial charge >= 0.3 is 28.4 Å². The van der Waals surface area contributed by atoms with Gasteiger partial charge < -0.3 is 103 Å². The minimum Gasteiger partial charge on any atom is -0.387 e. The first-order valence-corrected chi connectivity index (χ1v) is 51.4. The summed E-state index contributed by atoms with van der Waals surface area (Å²) in [6.45, 7) is 22.0. The largest absolute Gasteiger partial charge is 0.387 e. The molecule has 4 bridgehead atoms. The van der Waals surface area contributed by atoms with Crippen molar-refractivity contribution in [3.05, 3.63) is 113 Å². The number of nitrogens with two attached hydrogens (primary N) is 5. The summed E-state index contributed by atoms with van der Waals surface area (Å²) in [4.78, 5) is 78.3. The number of nitrogen functional groups attached to an aromatic ring is 5. The third-order valence-electron chi connectivity index (χ3n) is 20.6. The van der Waals surface area contributed by atoms with Crippen LogP contribution >= 0.6 is 34.4 Å². The highest BCUT2D eigenvalue weighted by molar-refractivity contribution is 7.73. The second-order valence-corrected chi connectivity index (χ2v) is 55.6. The molecule has 7 saturated heterocycles. The van der Waals surface area contributed by atoms with E-state index in [-0.39, 0.29) is 29.1 Å². The molecule has 12 rings (SSSR count). The van der Waals surface area contributed by atoms with Crippen LogP contribution in [0.4, 0.5) is 29.1 Å². The molecular weight excluding hydrogens is 1540 g/mol. The van der Waals surface area contributed by atoms with Crippen molar-refractivity contribution in [3.8, 4) is 0 Å². The summed E-state index contributed by atoms with van der Waals surface area (Å²) >= 11 is 0. The van der Waals surface area contributed by atoms with Crippen LogP contribution in [-0.4, -0.2) is 320 Å². The van der Waals surface area contributed by atoms with E-state index < -0.39 is 183 Å². The van der Waals surface area contributed by atoms with E-state index in [0.29, 0.717) is 50.9 Å². The minimum atomic E-state index is -1.59. The molecule has 111 heavy (non-hydrogen) atoms. The van der Waals surface area contributed by atoms with Gasteiger partial charge in [0.15, 0.2) is 31.1 Å². The monoisotopic (exact) mass is 1660 g/mol. The normalized spacial score (nSPS) is 32.9. The molecule has 18 N–H and O–H groups in total. The standard InChI is InChI=1S/C15H24N3O4P.C14H22N3O4P.3C14H24N3O4P/c1-9-7-18(14(20)17-12(9)16)13-10-11(19)15(22-13,8-21-10)5-6-23(2,3)4;1-22(2,3)7-5-14-8-20-10(11(14)18)12(21-14)17-6-4-9(15)16-13(17)19;2*1-14(20)11(18)9(6-8-22(2,3)4)21-12(14)17-7-5-10(15)16-13(17)19;1-14(6-8-22(2,3)4)11(19)10(18)12(21-14)17-7-5-9(15)16-13(17)20/h7,10-11,13,19H,2,5-6,8H2,1,3-4H3,(H2,16,17,20);4,6,10-12,18H,1,5,7-8H2,2-3H3,(H2,15,16,19);2*5,7,9,11-12,18,20H,2,6,8H2,1,3-4H3,(H2,15,16,19);5,7,10-12,18-19H,2,6,8H2,1,3-4H3,(H2,15,16,20)/t10-,11+,13?,15+;10-,11+,12?,14+;9-,11-,12?,14+;9-,11-,12?,14-;10-,11+,12?,14-/m11111/s1. The van der Waals surface area contributed by atoms with Crippen molar-refractivity contribution in [1.29, 1.82) is 0 Å². The zero-order valence-electron chi connectivity index (χ0n) is 65.9. The lowest BCUT2D eigenvalue weighted by Crippen LogP contribution is -2.45. The van der Waals surface area contributed by atoms with Crippen molar-refractivity contribution in [2.45, 2.75) is 180 Å². The number of nitrogens with zero attached hydrogens (tertiary/aromatic N) is 10. The Hall–Kier alpha value is -5.70. The van der Waals surface area contributed by atoms with Crippen molar-refractivity contribution < 1.29 is 74.0 Å². The Balaban J connectivity index is 0.000000174. The van der Waals surface area contributed by atoms with Crippen LogP contribution in [0.25, 0.3) is 0 Å². The molecule has 622 valence electrons. The zero-order valence-corrected chi connectivity index (χ0v) is 70.4. The van der Waals surface area contributed by atoms with E-state index in [1.165, 1.54) is 72.0 Å². The average Bonchev–Trinajstić information content (AvgIpc) is 1.58. The van der Waals surface area contributed by atoms with Crippen molar-refractivity contribution in [2.24, 2.45) is 0 Å². The fourth-order valence-electron chi connectivity index (χ4n) is 13.7. The third kappa shape index (κ3) is 21.7. The topological polar surface area (TPSA) is 531 Å². The van der Waals surface area contributed by atoms with Crippen molar-refractivity contribution in [3.63, 3.8) is 0 Å². The molecule has 20 atom stereocenters. The average molecular weight is 1660 g/mol. The van der Waals surface area contributed by atoms with Gasteiger partial charge in [0, 0.05) is 36.5 Å². The van der Waals surface area contributed by atoms with Gasteiger partial charge in [-0.15, -0.1) is 65.9 Å². The van der Waals surface area contributed by atoms with Crippen LogP contribution < -0.4 is 57.1 Å². The fraction of sp³-hybridized carbons (Fsp3) is 0.648. The van der Waals surface area contributed by atoms with E-state index in [0.717, 1.165) is 44.5 Å². The van der Waals surface area contributed by atoms with Gasteiger partial charge in [0.25, 0.3) is 0 Å². The second kappa shape index (κ2) is 34.2. The van der Waals surface area contributed by atoms with Gasteiger partial charge in [0.05, 0.1) is 31.0 Å². The first-order chi connectivity index (χ1) is 50.9. The summed E-state index contributed by atoms with van der Waals surface area (Å²) in [5, 5.41) is 83.6. The molecule has 5 aromatic heterocycles. The molecule has 7 aliphatic rings. The fourth-order valence-corrected chi connectivity index (χ4v) is 18.6. The van der Waals surface area contributed by atoms with Gasteiger partial charge in [-0.3, -0.25) is 22.8 Å². The molecule has 12 heterocycles. The van der Waals surface area contributed by atoms with Crippen molar-refractivity contribution in [2.75, 3.05) is 139 Å². The Bertz CT molecular complexity index is 4550. The smallest absolute Gasteiger partial charge is 0.351 e. The SMILES string of the molecule is C=P(C)(C)CC[C@@]1(C)OC(n2ccc(N)nc2=O)[C@H](O)[C@@H]1O.C=P(C)(C)CC[C@@]12CO[C@@H](C(n3cc(C)c(N)nc3=O)O1)[C@@H]2O.C=P(C)(C)CC[C@@]12CO[C@@H](C(n3ccc(N)nc3=O)O1)[C@@H]2O.C=P(C)(C)CC[C@H]1OC(n2ccc(N)nc2=O)[C@@](C)(O)[C@@H]1O.C=P(C)(C)CC[C@H]1OC(n2ccc(N)nc2=O)[C@](C)(O)[C@@H]1O. The number of hydrogen-bond donors (Lipinski definition) is 13. The molecule has 0 aromatic carbocycles. The highest BCUT2D eigenvalue weighted by Crippen LogP contribution is 2.52. The Kier molecular flexibility index (Phi) is 28.0. The molecule has 5 unspecified atom stereocenters. The Morgan fingerprint density at radius 2 is 0.757 bits per heavy atom. The number of ether oxygens (including phenoxy) is 7. The maximum atomic E-state index is 12.1. The van der Waals surface area contributed by atoms with Gasteiger partial charge in [-0.1, -0.05) is 0 Å². The van der Waals surface area contributed by atoms with Crippen LogP contribution in [0.5, 0.6) is 0 Å². The molecule has 5 aromatic rings. The van der Waals surface area contributed by atoms with Gasteiger partial charge in [0.2, 0.25) is 0 Å². The summed E-state index contributed by atoms with van der Waals surface area (Å²) in [5.41, 5.74) is 19.7. The molecule has 0 radical (unpaired) electrons. The predicted octanol–water partition coefficient (Wildman–Crippen LogP) is 0.0149. The first kappa shape index (κ1) is 90.8. The predicted molar refractivity (Wildman–Crippen MR) is 445 cm³/mol. The summed E-state index contributed by atoms with van der Waals surface area (Å²) < 4.78 is 47.1. The van der Waals surface area contributed by atoms with E-state index in [1.807, 2.05) is 0 Å². The first-order valence-electron chi connectivity index (χ1n) is 36.1. The third-order valence-corrected chi connectivity index (χ3v) is 27.8. The van der Waals surface area contributed by atoms with Gasteiger partial charge in [-0.2, -0.15) is 24.9 Å². The Labute approximate surface area is 646 Å². The number of anilines is 5. The number of aryl methyl sites for hydroxylation is 1. The molecule has 7 aliphatic heterocycles. The van der Waals surface area contributed by atoms with Crippen LogP contribution in [-0.2, 0) is 33.2 Å². The summed E-state index contributed by atoms with van der Waals surface area (Å²) in [7, 11) is 0. The molecule has 35 nitrogen and oxygen atoms in total. The number of aliphatic hydroxyl groups excluding tert-OH is 6. The summed E-state index contributed by atoms with van der Waals surface area (Å²) in [5.74, 6) is 0.651. The molecule has 0 aliphatic carbocycles. The molecule has 0 saturated carbocycles. The number of rotatable bonds is 20. The van der Waals surface area contributed by atoms with Crippen LogP contribution in [0, 0.1) is 6.92 Å². The number of hydrogen-bond acceptors (Lipinski definition) is 30. The van der Waals surface area contributed by atoms with E-state index in [9.17, 15) is 64.8 Å². The highest BCUT2D eigenvalue weighted by atomic mass is 31.2. The Morgan fingerprint density at radius 1 is 0.441 bits per heavy atom. The second-order valence-electron chi connectivity index (χ2n) is 34.0. The van der Waals surface area contributed by atoms with E-state index in [2.05, 4.69) is 123 Å².